The Balaban J connectivity index is 1.71. The number of hydrogen-bond acceptors (Lipinski definition) is 5. The average Bonchev–Trinajstić information content (AvgIpc) is 2.94. The zero-order chi connectivity index (χ0) is 18.9. The third-order valence-electron chi connectivity index (χ3n) is 4.18. The number of esters is 1. The highest BCUT2D eigenvalue weighted by Crippen LogP contribution is 2.22. The number of aryl methyl sites for hydroxylation is 1. The lowest BCUT2D eigenvalue weighted by atomic mass is 9.86. The number of rotatable bonds is 4. The Morgan fingerprint density at radius 3 is 2.50 bits per heavy atom. The summed E-state index contributed by atoms with van der Waals surface area (Å²) in [6.07, 6.45) is 3.28. The van der Waals surface area contributed by atoms with Gasteiger partial charge in [-0.05, 0) is 24.0 Å². The van der Waals surface area contributed by atoms with E-state index in [4.69, 9.17) is 4.74 Å². The van der Waals surface area contributed by atoms with Gasteiger partial charge in [0.25, 0.3) is 0 Å². The van der Waals surface area contributed by atoms with Crippen LogP contribution >= 0.6 is 0 Å². The van der Waals surface area contributed by atoms with E-state index in [-0.39, 0.29) is 23.4 Å². The summed E-state index contributed by atoms with van der Waals surface area (Å²) in [7, 11) is 0. The fraction of sp³-hybridized carbons (Fsp3) is 0.300. The van der Waals surface area contributed by atoms with Gasteiger partial charge in [-0.25, -0.2) is 14.3 Å². The van der Waals surface area contributed by atoms with Gasteiger partial charge in [0.2, 0.25) is 0 Å². The summed E-state index contributed by atoms with van der Waals surface area (Å²) in [5.41, 5.74) is 2.87. The summed E-state index contributed by atoms with van der Waals surface area (Å²) < 4.78 is 6.72. The van der Waals surface area contributed by atoms with E-state index in [0.717, 1.165) is 5.56 Å². The van der Waals surface area contributed by atoms with Crippen molar-refractivity contribution in [3.05, 3.63) is 65.1 Å². The molecule has 6 nitrogen and oxygen atoms in total. The summed E-state index contributed by atoms with van der Waals surface area (Å²) in [5, 5.41) is 4.22. The zero-order valence-corrected chi connectivity index (χ0v) is 15.3. The number of fused-ring (bicyclic) bond motifs is 1. The average molecular weight is 351 g/mol. The van der Waals surface area contributed by atoms with Gasteiger partial charge in [-0.1, -0.05) is 45.0 Å². The van der Waals surface area contributed by atoms with E-state index in [9.17, 15) is 9.59 Å². The van der Waals surface area contributed by atoms with Crippen molar-refractivity contribution in [2.45, 2.75) is 33.1 Å². The first-order chi connectivity index (χ1) is 12.3. The molecule has 0 atom stereocenters. The minimum Gasteiger partial charge on any atom is -0.454 e. The molecule has 0 aliphatic carbocycles. The van der Waals surface area contributed by atoms with Crippen LogP contribution in [-0.2, 0) is 10.2 Å². The molecule has 0 fully saturated rings. The lowest BCUT2D eigenvalue weighted by molar-refractivity contribution is 0.0475. The number of nitrogens with zero attached hydrogens (tertiary/aromatic N) is 3. The van der Waals surface area contributed by atoms with Crippen LogP contribution < -0.4 is 0 Å². The third-order valence-corrected chi connectivity index (χ3v) is 4.18. The van der Waals surface area contributed by atoms with Crippen LogP contribution in [0.5, 0.6) is 0 Å². The summed E-state index contributed by atoms with van der Waals surface area (Å²) in [6, 6.07) is 9.10. The minimum absolute atomic E-state index is 0.0159. The van der Waals surface area contributed by atoms with Crippen molar-refractivity contribution < 1.29 is 14.3 Å². The first kappa shape index (κ1) is 17.8. The number of ether oxygens (including phenoxy) is 1. The largest absolute Gasteiger partial charge is 0.454 e. The first-order valence-corrected chi connectivity index (χ1v) is 8.38. The Labute approximate surface area is 151 Å². The fourth-order valence-electron chi connectivity index (χ4n) is 2.68. The van der Waals surface area contributed by atoms with Gasteiger partial charge < -0.3 is 4.74 Å². The van der Waals surface area contributed by atoms with Crippen LogP contribution in [0, 0.1) is 6.92 Å². The molecule has 0 spiro atoms. The van der Waals surface area contributed by atoms with Crippen LogP contribution in [0.15, 0.2) is 42.7 Å². The maximum atomic E-state index is 12.4. The summed E-state index contributed by atoms with van der Waals surface area (Å²) in [4.78, 5) is 28.9. The maximum Gasteiger partial charge on any atom is 0.344 e. The molecule has 6 heteroatoms. The van der Waals surface area contributed by atoms with Crippen LogP contribution in [-0.4, -0.2) is 33.0 Å². The number of Topliss-reactive ketones (excluding diaryl/α,β-unsaturated/α-hetero) is 1. The smallest absolute Gasteiger partial charge is 0.344 e. The Kier molecular flexibility index (Phi) is 4.59. The van der Waals surface area contributed by atoms with Gasteiger partial charge in [0, 0.05) is 18.0 Å². The summed E-state index contributed by atoms with van der Waals surface area (Å²) >= 11 is 0. The van der Waals surface area contributed by atoms with Crippen LogP contribution in [0.3, 0.4) is 0 Å². The Morgan fingerprint density at radius 1 is 1.15 bits per heavy atom. The van der Waals surface area contributed by atoms with Gasteiger partial charge in [0.15, 0.2) is 18.0 Å². The molecular weight excluding hydrogens is 330 g/mol. The van der Waals surface area contributed by atoms with Crippen LogP contribution in [0.2, 0.25) is 0 Å². The van der Waals surface area contributed by atoms with Gasteiger partial charge in [-0.3, -0.25) is 4.79 Å². The molecule has 2 aromatic heterocycles. The molecule has 0 bridgehead atoms. The molecule has 0 aliphatic heterocycles. The van der Waals surface area contributed by atoms with Crippen LogP contribution in [0.1, 0.15) is 52.7 Å². The monoisotopic (exact) mass is 351 g/mol. The van der Waals surface area contributed by atoms with E-state index in [1.807, 2.05) is 12.1 Å². The SMILES string of the molecule is Cc1nn2cccnc2c1C(=O)OCC(=O)c1ccc(C(C)(C)C)cc1. The van der Waals surface area contributed by atoms with E-state index in [1.54, 1.807) is 37.5 Å². The van der Waals surface area contributed by atoms with Crippen LogP contribution in [0.25, 0.3) is 5.65 Å². The van der Waals surface area contributed by atoms with Crippen molar-refractivity contribution in [3.63, 3.8) is 0 Å². The highest BCUT2D eigenvalue weighted by Gasteiger charge is 2.21. The van der Waals surface area contributed by atoms with E-state index in [2.05, 4.69) is 30.9 Å². The number of hydrogen-bond donors (Lipinski definition) is 0. The lowest BCUT2D eigenvalue weighted by Crippen LogP contribution is -2.16. The normalized spacial score (nSPS) is 11.5. The second-order valence-electron chi connectivity index (χ2n) is 7.17. The van der Waals surface area contributed by atoms with Gasteiger partial charge in [-0.15, -0.1) is 0 Å². The molecule has 0 saturated carbocycles. The number of aromatic nitrogens is 3. The zero-order valence-electron chi connectivity index (χ0n) is 15.3. The molecule has 2 heterocycles. The summed E-state index contributed by atoms with van der Waals surface area (Å²) in [6.45, 7) is 7.71. The van der Waals surface area contributed by atoms with Crippen molar-refractivity contribution in [1.29, 1.82) is 0 Å². The molecule has 0 N–H and O–H groups in total. The van der Waals surface area contributed by atoms with Gasteiger partial charge in [0.05, 0.1) is 5.69 Å². The fourth-order valence-corrected chi connectivity index (χ4v) is 2.68. The second-order valence-corrected chi connectivity index (χ2v) is 7.17. The van der Waals surface area contributed by atoms with Crippen LogP contribution in [0.4, 0.5) is 0 Å². The Morgan fingerprint density at radius 2 is 1.85 bits per heavy atom. The number of ketones is 1. The van der Waals surface area contributed by atoms with Crippen molar-refractivity contribution >= 4 is 17.4 Å². The maximum absolute atomic E-state index is 12.4. The van der Waals surface area contributed by atoms with E-state index < -0.39 is 5.97 Å². The molecule has 3 aromatic rings. The molecule has 0 saturated heterocycles. The molecule has 0 unspecified atom stereocenters. The molecule has 0 aliphatic rings. The van der Waals surface area contributed by atoms with Gasteiger partial charge in [0.1, 0.15) is 5.56 Å². The topological polar surface area (TPSA) is 73.6 Å². The number of carbonyl (C=O) groups excluding carboxylic acids is 2. The minimum atomic E-state index is -0.601. The van der Waals surface area contributed by atoms with E-state index in [1.165, 1.54) is 4.52 Å². The molecule has 3 rings (SSSR count). The quantitative estimate of drug-likeness (QED) is 0.532. The van der Waals surface area contributed by atoms with Crippen molar-refractivity contribution in [2.24, 2.45) is 0 Å². The lowest BCUT2D eigenvalue weighted by Gasteiger charge is -2.18. The van der Waals surface area contributed by atoms with Crippen molar-refractivity contribution in [3.8, 4) is 0 Å². The van der Waals surface area contributed by atoms with E-state index in [0.29, 0.717) is 16.9 Å². The molecular formula is C20H21N3O3. The predicted molar refractivity (Wildman–Crippen MR) is 97.5 cm³/mol. The number of carbonyl (C=O) groups is 2. The van der Waals surface area contributed by atoms with Gasteiger partial charge >= 0.3 is 5.97 Å². The molecule has 0 amide bonds. The Bertz CT molecular complexity index is 966. The highest BCUT2D eigenvalue weighted by molar-refractivity contribution is 6.01. The highest BCUT2D eigenvalue weighted by atomic mass is 16.5. The standard InChI is InChI=1S/C20H21N3O3/c1-13-17(18-21-10-5-11-23(18)22-13)19(25)26-12-16(24)14-6-8-15(9-7-14)20(2,3)4/h5-11H,12H2,1-4H3. The predicted octanol–water partition coefficient (Wildman–Crippen LogP) is 3.37. The summed E-state index contributed by atoms with van der Waals surface area (Å²) in [5.74, 6) is -0.850. The van der Waals surface area contributed by atoms with Crippen molar-refractivity contribution in [2.75, 3.05) is 6.61 Å². The molecule has 1 aromatic carbocycles. The number of benzene rings is 1. The van der Waals surface area contributed by atoms with Crippen molar-refractivity contribution in [1.82, 2.24) is 14.6 Å². The molecule has 0 radical (unpaired) electrons. The molecule has 26 heavy (non-hydrogen) atoms. The second kappa shape index (κ2) is 6.71. The van der Waals surface area contributed by atoms with E-state index >= 15 is 0 Å². The first-order valence-electron chi connectivity index (χ1n) is 8.38. The van der Waals surface area contributed by atoms with Gasteiger partial charge in [-0.2, -0.15) is 5.10 Å². The third kappa shape index (κ3) is 3.49. The molecule has 134 valence electrons. The Hall–Kier alpha value is -3.02.